The number of benzene rings is 2. The maximum atomic E-state index is 13.9. The summed E-state index contributed by atoms with van der Waals surface area (Å²) in [5, 5.41) is 115. The molecule has 3 saturated heterocycles. The van der Waals surface area contributed by atoms with Crippen molar-refractivity contribution in [3.8, 4) is 40.1 Å². The number of aromatic hydroxyl groups is 3. The first kappa shape index (κ1) is 39.8. The van der Waals surface area contributed by atoms with E-state index in [1.54, 1.807) is 0 Å². The summed E-state index contributed by atoms with van der Waals surface area (Å²) in [6.45, 7) is 2.11. The van der Waals surface area contributed by atoms with Crippen molar-refractivity contribution in [2.24, 2.45) is 0 Å². The lowest BCUT2D eigenvalue weighted by Gasteiger charge is -2.46. The van der Waals surface area contributed by atoms with Crippen LogP contribution in [0.3, 0.4) is 0 Å². The normalized spacial score (nSPS) is 37.3. The third kappa shape index (κ3) is 7.41. The Labute approximate surface area is 305 Å². The monoisotopic (exact) mass is 770 g/mol. The second kappa shape index (κ2) is 15.7. The first-order valence-electron chi connectivity index (χ1n) is 16.8. The maximum absolute atomic E-state index is 13.9. The highest BCUT2D eigenvalue weighted by molar-refractivity contribution is 5.88. The Morgan fingerprint density at radius 2 is 1.31 bits per heavy atom. The molecule has 0 aliphatic carbocycles. The van der Waals surface area contributed by atoms with Crippen molar-refractivity contribution < 1.29 is 93.7 Å². The van der Waals surface area contributed by atoms with Gasteiger partial charge in [-0.05, 0) is 32.0 Å². The van der Waals surface area contributed by atoms with Crippen LogP contribution in [-0.4, -0.2) is 162 Å². The lowest BCUT2D eigenvalue weighted by atomic mass is 9.97. The zero-order chi connectivity index (χ0) is 39.3. The summed E-state index contributed by atoms with van der Waals surface area (Å²) in [5.74, 6) is -2.48. The molecule has 2 aromatic carbocycles. The van der Waals surface area contributed by atoms with Crippen molar-refractivity contribution >= 4 is 11.0 Å². The molecule has 20 heteroatoms. The Kier molecular flexibility index (Phi) is 11.6. The fourth-order valence-corrected chi connectivity index (χ4v) is 6.40. The molecule has 54 heavy (non-hydrogen) atoms. The van der Waals surface area contributed by atoms with E-state index < -0.39 is 127 Å². The van der Waals surface area contributed by atoms with Crippen molar-refractivity contribution in [3.05, 3.63) is 40.6 Å². The molecule has 298 valence electrons. The Morgan fingerprint density at radius 1 is 0.685 bits per heavy atom. The molecule has 0 radical (unpaired) electrons. The molecule has 3 aliphatic rings. The first-order valence-corrected chi connectivity index (χ1v) is 16.8. The van der Waals surface area contributed by atoms with Crippen LogP contribution >= 0.6 is 0 Å². The van der Waals surface area contributed by atoms with E-state index >= 15 is 0 Å². The molecule has 15 atom stereocenters. The molecule has 1 aromatic heterocycles. The van der Waals surface area contributed by atoms with Crippen molar-refractivity contribution in [1.29, 1.82) is 0 Å². The van der Waals surface area contributed by atoms with E-state index in [0.29, 0.717) is 0 Å². The summed E-state index contributed by atoms with van der Waals surface area (Å²) in [7, 11) is 1.27. The second-order valence-corrected chi connectivity index (χ2v) is 13.3. The summed E-state index contributed by atoms with van der Waals surface area (Å²) < 4.78 is 45.3. The molecular weight excluding hydrogens is 728 g/mol. The van der Waals surface area contributed by atoms with E-state index in [-0.39, 0.29) is 28.4 Å². The molecule has 0 unspecified atom stereocenters. The number of fused-ring (bicyclic) bond motifs is 1. The molecule has 11 N–H and O–H groups in total. The third-order valence-corrected chi connectivity index (χ3v) is 9.57. The van der Waals surface area contributed by atoms with Crippen molar-refractivity contribution in [3.63, 3.8) is 0 Å². The zero-order valence-electron chi connectivity index (χ0n) is 28.8. The molecule has 0 saturated carbocycles. The third-order valence-electron chi connectivity index (χ3n) is 9.57. The van der Waals surface area contributed by atoms with Crippen LogP contribution in [0.25, 0.3) is 22.3 Å². The van der Waals surface area contributed by atoms with Gasteiger partial charge >= 0.3 is 0 Å². The molecule has 3 fully saturated rings. The van der Waals surface area contributed by atoms with Gasteiger partial charge in [0.2, 0.25) is 17.5 Å². The van der Waals surface area contributed by atoms with E-state index in [1.807, 2.05) is 0 Å². The highest BCUT2D eigenvalue weighted by Gasteiger charge is 2.51. The fraction of sp³-hybridized carbons (Fsp3) is 0.559. The Bertz CT molecular complexity index is 1850. The highest BCUT2D eigenvalue weighted by Crippen LogP contribution is 2.40. The van der Waals surface area contributed by atoms with Gasteiger partial charge in [0.25, 0.3) is 0 Å². The number of hydrogen-bond donors (Lipinski definition) is 11. The molecule has 0 spiro atoms. The minimum Gasteiger partial charge on any atom is -0.508 e. The van der Waals surface area contributed by atoms with Gasteiger partial charge in [-0.25, -0.2) is 0 Å². The lowest BCUT2D eigenvalue weighted by Crippen LogP contribution is -2.64. The van der Waals surface area contributed by atoms with Gasteiger partial charge in [-0.2, -0.15) is 0 Å². The number of methoxy groups -OCH3 is 1. The van der Waals surface area contributed by atoms with E-state index in [9.17, 15) is 61.0 Å². The van der Waals surface area contributed by atoms with E-state index in [4.69, 9.17) is 37.6 Å². The van der Waals surface area contributed by atoms with Gasteiger partial charge in [-0.15, -0.1) is 0 Å². The number of phenols is 3. The smallest absolute Gasteiger partial charge is 0.239 e. The Morgan fingerprint density at radius 3 is 2.00 bits per heavy atom. The molecule has 0 amide bonds. The van der Waals surface area contributed by atoms with Crippen LogP contribution in [0, 0.1) is 0 Å². The number of ether oxygens (including phenoxy) is 7. The van der Waals surface area contributed by atoms with Gasteiger partial charge in [0, 0.05) is 17.7 Å². The van der Waals surface area contributed by atoms with Gasteiger partial charge in [-0.3, -0.25) is 4.79 Å². The number of rotatable bonds is 9. The van der Waals surface area contributed by atoms with Crippen LogP contribution in [0.15, 0.2) is 39.5 Å². The summed E-state index contributed by atoms with van der Waals surface area (Å²) in [5.41, 5.74) is -1.22. The van der Waals surface area contributed by atoms with E-state index in [1.165, 1.54) is 39.2 Å². The maximum Gasteiger partial charge on any atom is 0.239 e. The predicted octanol–water partition coefficient (Wildman–Crippen LogP) is -2.53. The Hall–Kier alpha value is -3.87. The molecular formula is C34H42O20. The summed E-state index contributed by atoms with van der Waals surface area (Å²) >= 11 is 0. The van der Waals surface area contributed by atoms with E-state index in [2.05, 4.69) is 0 Å². The zero-order valence-corrected chi connectivity index (χ0v) is 28.8. The second-order valence-electron chi connectivity index (χ2n) is 13.3. The fourth-order valence-electron chi connectivity index (χ4n) is 6.40. The van der Waals surface area contributed by atoms with Crippen molar-refractivity contribution in [2.75, 3.05) is 13.7 Å². The number of aliphatic hydroxyl groups is 8. The van der Waals surface area contributed by atoms with E-state index in [0.717, 1.165) is 12.1 Å². The van der Waals surface area contributed by atoms with Crippen molar-refractivity contribution in [2.45, 2.75) is 106 Å². The standard InChI is InChI=1S/C34H42O20/c1-10-20(38)24(42)27(45)32(49-10)54-31-26(44)21(39)11(2)50-34(31)48-9-18-22(40)25(43)28(46)33(52-18)53-30-23(41)19-15(37)7-13(35)8-17(19)51-29(30)12-4-5-14(36)16(6-12)47-3/h4-8,10-11,18,20-22,24-28,31-40,42-46H,9H2,1-3H3/t10-,11-,18+,20-,21-,22+,24+,25-,26+,27+,28+,31+,32-,33-,34+/m0/s1. The molecule has 6 rings (SSSR count). The Balaban J connectivity index is 1.28. The quantitative estimate of drug-likeness (QED) is 0.107. The minimum atomic E-state index is -2.02. The van der Waals surface area contributed by atoms with Gasteiger partial charge in [0.1, 0.15) is 83.5 Å². The van der Waals surface area contributed by atoms with Gasteiger partial charge < -0.3 is 93.7 Å². The lowest BCUT2D eigenvalue weighted by molar-refractivity contribution is -0.367. The van der Waals surface area contributed by atoms with Crippen molar-refractivity contribution in [1.82, 2.24) is 0 Å². The molecule has 3 aliphatic heterocycles. The van der Waals surface area contributed by atoms with Crippen LogP contribution < -0.4 is 14.9 Å². The predicted molar refractivity (Wildman–Crippen MR) is 176 cm³/mol. The van der Waals surface area contributed by atoms with Crippen LogP contribution in [0.5, 0.6) is 28.7 Å². The number of aliphatic hydroxyl groups excluding tert-OH is 8. The highest BCUT2D eigenvalue weighted by atomic mass is 16.8. The molecule has 3 aromatic rings. The average molecular weight is 771 g/mol. The van der Waals surface area contributed by atoms with Crippen LogP contribution in [0.2, 0.25) is 0 Å². The number of hydrogen-bond acceptors (Lipinski definition) is 20. The van der Waals surface area contributed by atoms with Gasteiger partial charge in [0.15, 0.2) is 29.8 Å². The molecule has 20 nitrogen and oxygen atoms in total. The summed E-state index contributed by atoms with van der Waals surface area (Å²) in [6, 6.07) is 5.74. The largest absolute Gasteiger partial charge is 0.508 e. The molecule has 0 bridgehead atoms. The topological polar surface area (TPSA) is 317 Å². The minimum absolute atomic E-state index is 0.0447. The van der Waals surface area contributed by atoms with Crippen LogP contribution in [0.4, 0.5) is 0 Å². The van der Waals surface area contributed by atoms with Gasteiger partial charge in [-0.1, -0.05) is 0 Å². The SMILES string of the molecule is COc1cc(-c2oc3cc(O)cc(O)c3c(=O)c2O[C@@H]2O[C@H](CO[C@@H]3O[C@@H](C)[C@H](O)[C@@H](O)[C@H]3O[C@@H]3O[C@@H](C)[C@H](O)[C@@H](O)[C@H]3O)[C@@H](O)[C@H](O)[C@H]2O)ccc1O. The van der Waals surface area contributed by atoms with Gasteiger partial charge in [0.05, 0.1) is 25.9 Å². The first-order chi connectivity index (χ1) is 25.5. The molecule has 4 heterocycles. The summed E-state index contributed by atoms with van der Waals surface area (Å²) in [4.78, 5) is 13.9. The van der Waals surface area contributed by atoms with Crippen LogP contribution in [-0.2, 0) is 23.7 Å². The van der Waals surface area contributed by atoms with Crippen LogP contribution in [0.1, 0.15) is 13.8 Å². The number of phenolic OH excluding ortho intramolecular Hbond substituents is 3. The average Bonchev–Trinajstić information content (AvgIpc) is 3.13. The summed E-state index contributed by atoms with van der Waals surface area (Å²) in [6.07, 6.45) is -24.5.